The topological polar surface area (TPSA) is 81.9 Å². The number of carbonyl (C=O) groups is 1. The molecule has 1 atom stereocenters. The number of nitrogens with zero attached hydrogens (tertiary/aromatic N) is 4. The smallest absolute Gasteiger partial charge is 0.233 e. The maximum atomic E-state index is 14.4. The second-order valence-electron chi connectivity index (χ2n) is 6.16. The van der Waals surface area contributed by atoms with Crippen LogP contribution in [0.5, 0.6) is 5.88 Å². The second-order valence-corrected chi connectivity index (χ2v) is 6.16. The number of amides is 1. The van der Waals surface area contributed by atoms with Gasteiger partial charge in [0.15, 0.2) is 5.82 Å². The molecule has 0 aliphatic carbocycles. The molecule has 0 bridgehead atoms. The Bertz CT molecular complexity index is 1030. The van der Waals surface area contributed by atoms with Gasteiger partial charge in [-0.15, -0.1) is 10.2 Å². The van der Waals surface area contributed by atoms with Crippen molar-refractivity contribution < 1.29 is 18.3 Å². The summed E-state index contributed by atoms with van der Waals surface area (Å²) in [6.45, 7) is 1.76. The number of hydrogen-bond donors (Lipinski definition) is 1. The van der Waals surface area contributed by atoms with E-state index in [0.717, 1.165) is 6.07 Å². The molecule has 9 heteroatoms. The zero-order valence-corrected chi connectivity index (χ0v) is 14.5. The number of anilines is 1. The summed E-state index contributed by atoms with van der Waals surface area (Å²) in [5.41, 5.74) is 1.52. The van der Waals surface area contributed by atoms with Gasteiger partial charge in [0.1, 0.15) is 17.5 Å². The van der Waals surface area contributed by atoms with Gasteiger partial charge < -0.3 is 10.1 Å². The zero-order valence-electron chi connectivity index (χ0n) is 14.5. The van der Waals surface area contributed by atoms with Crippen LogP contribution in [-0.4, -0.2) is 33.0 Å². The monoisotopic (exact) mass is 371 g/mol. The second kappa shape index (κ2) is 6.42. The largest absolute Gasteiger partial charge is 0.480 e. The number of hydrogen-bond acceptors (Lipinski definition) is 5. The van der Waals surface area contributed by atoms with Crippen molar-refractivity contribution in [3.63, 3.8) is 0 Å². The van der Waals surface area contributed by atoms with Crippen molar-refractivity contribution in [2.24, 2.45) is 0 Å². The number of ether oxygens (including phenoxy) is 1. The van der Waals surface area contributed by atoms with E-state index in [9.17, 15) is 13.6 Å². The molecule has 138 valence electrons. The van der Waals surface area contributed by atoms with Crippen LogP contribution in [0, 0.1) is 18.6 Å². The molecular weight excluding hydrogens is 356 g/mol. The standard InChI is InChI=1S/C18H15F2N5O2/c1-9-17-12(11-4-3-10(19)7-13(11)20)8-15(26)21-18(17)25(24-9)14-5-6-16(27-2)23-22-14/h3-7,12H,8H2,1-2H3,(H,21,26)/t12-/m1/s1. The third kappa shape index (κ3) is 2.90. The van der Waals surface area contributed by atoms with Gasteiger partial charge in [0, 0.05) is 30.0 Å². The zero-order chi connectivity index (χ0) is 19.1. The van der Waals surface area contributed by atoms with Crippen LogP contribution >= 0.6 is 0 Å². The van der Waals surface area contributed by atoms with Gasteiger partial charge in [0.05, 0.1) is 12.8 Å². The number of rotatable bonds is 3. The molecule has 4 rings (SSSR count). The molecule has 1 aliphatic heterocycles. The van der Waals surface area contributed by atoms with Crippen molar-refractivity contribution in [1.82, 2.24) is 20.0 Å². The molecule has 0 fully saturated rings. The van der Waals surface area contributed by atoms with E-state index in [0.29, 0.717) is 28.8 Å². The number of fused-ring (bicyclic) bond motifs is 1. The molecule has 0 saturated carbocycles. The van der Waals surface area contributed by atoms with Crippen molar-refractivity contribution in [3.05, 3.63) is 58.8 Å². The van der Waals surface area contributed by atoms with E-state index in [1.165, 1.54) is 23.9 Å². The summed E-state index contributed by atoms with van der Waals surface area (Å²) >= 11 is 0. The first-order valence-electron chi connectivity index (χ1n) is 8.20. The molecule has 3 heterocycles. The van der Waals surface area contributed by atoms with Crippen LogP contribution in [0.4, 0.5) is 14.6 Å². The van der Waals surface area contributed by atoms with Crippen LogP contribution in [0.3, 0.4) is 0 Å². The molecule has 1 aliphatic rings. The fourth-order valence-electron chi connectivity index (χ4n) is 3.30. The van der Waals surface area contributed by atoms with E-state index in [1.807, 2.05) is 0 Å². The molecule has 0 saturated heterocycles. The molecule has 2 aromatic heterocycles. The average molecular weight is 371 g/mol. The summed E-state index contributed by atoms with van der Waals surface area (Å²) in [4.78, 5) is 12.3. The van der Waals surface area contributed by atoms with Gasteiger partial charge in [-0.1, -0.05) is 6.07 Å². The normalized spacial score (nSPS) is 16.0. The Morgan fingerprint density at radius 2 is 2.04 bits per heavy atom. The highest BCUT2D eigenvalue weighted by atomic mass is 19.1. The van der Waals surface area contributed by atoms with Crippen LogP contribution in [0.15, 0.2) is 30.3 Å². The van der Waals surface area contributed by atoms with Gasteiger partial charge in [0.25, 0.3) is 0 Å². The number of benzene rings is 1. The summed E-state index contributed by atoms with van der Waals surface area (Å²) in [5.74, 6) is -1.12. The van der Waals surface area contributed by atoms with E-state index in [-0.39, 0.29) is 17.9 Å². The summed E-state index contributed by atoms with van der Waals surface area (Å²) in [6.07, 6.45) is 0.0381. The van der Waals surface area contributed by atoms with Crippen molar-refractivity contribution in [1.29, 1.82) is 0 Å². The highest BCUT2D eigenvalue weighted by Crippen LogP contribution is 2.40. The predicted molar refractivity (Wildman–Crippen MR) is 91.9 cm³/mol. The van der Waals surface area contributed by atoms with Crippen LogP contribution in [0.25, 0.3) is 5.82 Å². The van der Waals surface area contributed by atoms with Crippen molar-refractivity contribution in [2.75, 3.05) is 12.4 Å². The van der Waals surface area contributed by atoms with Gasteiger partial charge in [-0.25, -0.2) is 8.78 Å². The Morgan fingerprint density at radius 1 is 1.22 bits per heavy atom. The lowest BCUT2D eigenvalue weighted by Crippen LogP contribution is -2.25. The van der Waals surface area contributed by atoms with E-state index < -0.39 is 17.6 Å². The molecule has 7 nitrogen and oxygen atoms in total. The van der Waals surface area contributed by atoms with Crippen LogP contribution in [-0.2, 0) is 4.79 Å². The van der Waals surface area contributed by atoms with Gasteiger partial charge in [0.2, 0.25) is 11.8 Å². The third-order valence-electron chi connectivity index (χ3n) is 4.49. The van der Waals surface area contributed by atoms with Crippen LogP contribution in [0.2, 0.25) is 0 Å². The first-order valence-corrected chi connectivity index (χ1v) is 8.20. The van der Waals surface area contributed by atoms with Crippen molar-refractivity contribution in [2.45, 2.75) is 19.3 Å². The van der Waals surface area contributed by atoms with Crippen molar-refractivity contribution in [3.8, 4) is 11.7 Å². The molecule has 3 aromatic rings. The van der Waals surface area contributed by atoms with Gasteiger partial charge in [-0.3, -0.25) is 4.79 Å². The minimum Gasteiger partial charge on any atom is -0.480 e. The summed E-state index contributed by atoms with van der Waals surface area (Å²) in [6, 6.07) is 6.62. The maximum absolute atomic E-state index is 14.4. The summed E-state index contributed by atoms with van der Waals surface area (Å²) in [5, 5.41) is 15.2. The lowest BCUT2D eigenvalue weighted by molar-refractivity contribution is -0.116. The number of aryl methyl sites for hydroxylation is 1. The Hall–Kier alpha value is -3.36. The first kappa shape index (κ1) is 17.1. The highest BCUT2D eigenvalue weighted by Gasteiger charge is 2.34. The van der Waals surface area contributed by atoms with Gasteiger partial charge in [-0.2, -0.15) is 9.78 Å². The molecule has 0 radical (unpaired) electrons. The minimum atomic E-state index is -0.697. The lowest BCUT2D eigenvalue weighted by atomic mass is 9.85. The highest BCUT2D eigenvalue weighted by molar-refractivity contribution is 5.95. The Balaban J connectivity index is 1.85. The molecule has 1 amide bonds. The van der Waals surface area contributed by atoms with E-state index in [2.05, 4.69) is 20.6 Å². The average Bonchev–Trinajstić information content (AvgIpc) is 2.98. The van der Waals surface area contributed by atoms with E-state index in [1.54, 1.807) is 19.1 Å². The molecule has 0 unspecified atom stereocenters. The Morgan fingerprint density at radius 3 is 2.70 bits per heavy atom. The lowest BCUT2D eigenvalue weighted by Gasteiger charge is -2.24. The quantitative estimate of drug-likeness (QED) is 0.766. The summed E-state index contributed by atoms with van der Waals surface area (Å²) in [7, 11) is 1.48. The fraction of sp³-hybridized carbons (Fsp3) is 0.222. The predicted octanol–water partition coefficient (Wildman–Crippen LogP) is 2.73. The van der Waals surface area contributed by atoms with Crippen LogP contribution in [0.1, 0.15) is 29.2 Å². The van der Waals surface area contributed by atoms with Gasteiger partial charge in [-0.05, 0) is 24.6 Å². The van der Waals surface area contributed by atoms with Crippen molar-refractivity contribution >= 4 is 11.7 Å². The molecule has 1 N–H and O–H groups in total. The number of nitrogens with one attached hydrogen (secondary N) is 1. The Labute approximate surface area is 153 Å². The number of carbonyl (C=O) groups excluding carboxylic acids is 1. The molecule has 27 heavy (non-hydrogen) atoms. The first-order chi connectivity index (χ1) is 13.0. The molecule has 1 aromatic carbocycles. The SMILES string of the molecule is COc1ccc(-n2nc(C)c3c2NC(=O)C[C@@H]3c2ccc(F)cc2F)nn1. The number of halogens is 2. The number of aromatic nitrogens is 4. The molecular formula is C18H15F2N5O2. The van der Waals surface area contributed by atoms with E-state index >= 15 is 0 Å². The minimum absolute atomic E-state index is 0.0381. The Kier molecular flexibility index (Phi) is 4.06. The number of methoxy groups -OCH3 is 1. The summed E-state index contributed by atoms with van der Waals surface area (Å²) < 4.78 is 34.1. The molecule has 0 spiro atoms. The van der Waals surface area contributed by atoms with E-state index in [4.69, 9.17) is 4.74 Å². The fourth-order valence-corrected chi connectivity index (χ4v) is 3.30. The van der Waals surface area contributed by atoms with Crippen LogP contribution < -0.4 is 10.1 Å². The van der Waals surface area contributed by atoms with Gasteiger partial charge >= 0.3 is 0 Å². The maximum Gasteiger partial charge on any atom is 0.233 e. The third-order valence-corrected chi connectivity index (χ3v) is 4.49.